The summed E-state index contributed by atoms with van der Waals surface area (Å²) in [5.74, 6) is -0.136. The minimum Gasteiger partial charge on any atom is -0.479 e. The Balaban J connectivity index is 1.82. The van der Waals surface area contributed by atoms with Crippen LogP contribution in [0.2, 0.25) is 0 Å². The number of aromatic nitrogens is 2. The molecule has 2 heterocycles. The number of nitrogen functional groups attached to an aromatic ring is 1. The number of fused-ring (bicyclic) bond motifs is 1. The van der Waals surface area contributed by atoms with Crippen LogP contribution in [-0.4, -0.2) is 27.9 Å². The normalized spacial score (nSPS) is 16.2. The van der Waals surface area contributed by atoms with E-state index in [0.29, 0.717) is 17.1 Å². The average Bonchev–Trinajstić information content (AvgIpc) is 2.49. The van der Waals surface area contributed by atoms with Crippen molar-refractivity contribution in [2.45, 2.75) is 13.0 Å². The van der Waals surface area contributed by atoms with E-state index >= 15 is 0 Å². The lowest BCUT2D eigenvalue weighted by atomic mass is 10.2. The zero-order chi connectivity index (χ0) is 15.7. The number of hydrogen-bond acceptors (Lipinski definition) is 6. The molecule has 8 nitrogen and oxygen atoms in total. The second kappa shape index (κ2) is 5.32. The summed E-state index contributed by atoms with van der Waals surface area (Å²) in [7, 11) is 0. The van der Waals surface area contributed by atoms with Gasteiger partial charge in [-0.25, -0.2) is 9.97 Å². The van der Waals surface area contributed by atoms with Crippen LogP contribution in [-0.2, 0) is 4.79 Å². The monoisotopic (exact) mass is 299 g/mol. The Bertz CT molecular complexity index is 762. The third-order valence-electron chi connectivity index (χ3n) is 3.11. The first-order chi connectivity index (χ1) is 10.5. The summed E-state index contributed by atoms with van der Waals surface area (Å²) in [6.07, 6.45) is 2.24. The van der Waals surface area contributed by atoms with E-state index in [-0.39, 0.29) is 17.4 Å². The molecular formula is C14H13N5O3. The molecule has 1 atom stereocenters. The molecule has 4 N–H and O–H groups in total. The molecule has 0 radical (unpaired) electrons. The Morgan fingerprint density at radius 2 is 2.14 bits per heavy atom. The van der Waals surface area contributed by atoms with Gasteiger partial charge in [0.1, 0.15) is 5.75 Å². The number of carbonyl (C=O) groups excluding carboxylic acids is 2. The summed E-state index contributed by atoms with van der Waals surface area (Å²) >= 11 is 0. The molecule has 1 aliphatic rings. The molecule has 0 saturated carbocycles. The molecule has 1 aromatic heterocycles. The highest BCUT2D eigenvalue weighted by Crippen LogP contribution is 2.32. The smallest absolute Gasteiger partial charge is 0.278 e. The molecule has 0 spiro atoms. The molecule has 0 bridgehead atoms. The van der Waals surface area contributed by atoms with Crippen molar-refractivity contribution in [2.24, 2.45) is 0 Å². The minimum atomic E-state index is -0.549. The largest absolute Gasteiger partial charge is 0.479 e. The van der Waals surface area contributed by atoms with Crippen molar-refractivity contribution in [3.8, 4) is 5.75 Å². The van der Waals surface area contributed by atoms with Gasteiger partial charge in [-0.1, -0.05) is 0 Å². The van der Waals surface area contributed by atoms with Crippen LogP contribution in [0.5, 0.6) is 5.75 Å². The minimum absolute atomic E-state index is 0.0362. The summed E-state index contributed by atoms with van der Waals surface area (Å²) in [5.41, 5.74) is 6.62. The van der Waals surface area contributed by atoms with Gasteiger partial charge in [0.2, 0.25) is 0 Å². The summed E-state index contributed by atoms with van der Waals surface area (Å²) < 4.78 is 5.44. The molecule has 8 heteroatoms. The number of anilines is 3. The Hall–Kier alpha value is -3.16. The Labute approximate surface area is 125 Å². The van der Waals surface area contributed by atoms with Gasteiger partial charge in [0, 0.05) is 18.1 Å². The average molecular weight is 299 g/mol. The Kier molecular flexibility index (Phi) is 3.34. The van der Waals surface area contributed by atoms with Crippen LogP contribution in [0.25, 0.3) is 0 Å². The standard InChI is InChI=1S/C14H13N5O3/c1-7-13(20)19-9-6-8(2-3-10(9)22-7)18-14(21)11-12(15)17-5-4-16-11/h2-7H,1H3,(H2,15,17)(H,18,21)(H,19,20). The summed E-state index contributed by atoms with van der Waals surface area (Å²) in [4.78, 5) is 31.4. The van der Waals surface area contributed by atoms with Crippen LogP contribution in [0.1, 0.15) is 17.4 Å². The van der Waals surface area contributed by atoms with Gasteiger partial charge in [0.25, 0.3) is 11.8 Å². The number of amides is 2. The molecule has 1 aliphatic heterocycles. The van der Waals surface area contributed by atoms with Gasteiger partial charge >= 0.3 is 0 Å². The van der Waals surface area contributed by atoms with Crippen molar-refractivity contribution in [2.75, 3.05) is 16.4 Å². The highest BCUT2D eigenvalue weighted by atomic mass is 16.5. The van der Waals surface area contributed by atoms with E-state index in [9.17, 15) is 9.59 Å². The van der Waals surface area contributed by atoms with Gasteiger partial charge in [-0.2, -0.15) is 0 Å². The van der Waals surface area contributed by atoms with E-state index in [1.54, 1.807) is 25.1 Å². The fourth-order valence-electron chi connectivity index (χ4n) is 2.00. The number of rotatable bonds is 2. The number of carbonyl (C=O) groups is 2. The predicted octanol–water partition coefficient (Wildman–Crippen LogP) is 1.03. The van der Waals surface area contributed by atoms with Crippen molar-refractivity contribution < 1.29 is 14.3 Å². The maximum absolute atomic E-state index is 12.1. The quantitative estimate of drug-likeness (QED) is 0.762. The van der Waals surface area contributed by atoms with Crippen LogP contribution in [0.4, 0.5) is 17.2 Å². The van der Waals surface area contributed by atoms with E-state index in [0.717, 1.165) is 0 Å². The number of ether oxygens (including phenoxy) is 1. The summed E-state index contributed by atoms with van der Waals surface area (Å²) in [6.45, 7) is 1.66. The lowest BCUT2D eigenvalue weighted by Gasteiger charge is -2.23. The zero-order valence-corrected chi connectivity index (χ0v) is 11.7. The number of nitrogens with one attached hydrogen (secondary N) is 2. The lowest BCUT2D eigenvalue weighted by Crippen LogP contribution is -2.34. The third kappa shape index (κ3) is 2.53. The molecule has 0 saturated heterocycles. The molecule has 2 amide bonds. The first kappa shape index (κ1) is 13.8. The van der Waals surface area contributed by atoms with Crippen molar-refractivity contribution in [1.82, 2.24) is 9.97 Å². The van der Waals surface area contributed by atoms with Gasteiger partial charge in [-0.05, 0) is 25.1 Å². The molecule has 112 valence electrons. The summed E-state index contributed by atoms with van der Waals surface area (Å²) in [6, 6.07) is 4.93. The van der Waals surface area contributed by atoms with E-state index in [1.165, 1.54) is 12.4 Å². The molecule has 1 aromatic carbocycles. The third-order valence-corrected chi connectivity index (χ3v) is 3.11. The summed E-state index contributed by atoms with van der Waals surface area (Å²) in [5, 5.41) is 5.35. The second-order valence-corrected chi connectivity index (χ2v) is 4.70. The van der Waals surface area contributed by atoms with Gasteiger partial charge in [-0.3, -0.25) is 9.59 Å². The van der Waals surface area contributed by atoms with E-state index in [1.807, 2.05) is 0 Å². The van der Waals surface area contributed by atoms with Gasteiger partial charge in [0.15, 0.2) is 17.6 Å². The van der Waals surface area contributed by atoms with Crippen molar-refractivity contribution in [3.63, 3.8) is 0 Å². The molecule has 1 unspecified atom stereocenters. The highest BCUT2D eigenvalue weighted by Gasteiger charge is 2.23. The zero-order valence-electron chi connectivity index (χ0n) is 11.7. The van der Waals surface area contributed by atoms with Crippen molar-refractivity contribution in [1.29, 1.82) is 0 Å². The molecule has 0 aliphatic carbocycles. The number of nitrogens with two attached hydrogens (primary N) is 1. The SMILES string of the molecule is CC1Oc2ccc(NC(=O)c3nccnc3N)cc2NC1=O. The second-order valence-electron chi connectivity index (χ2n) is 4.70. The van der Waals surface area contributed by atoms with Gasteiger partial charge < -0.3 is 21.1 Å². The number of hydrogen-bond donors (Lipinski definition) is 3. The van der Waals surface area contributed by atoms with Gasteiger partial charge in [-0.15, -0.1) is 0 Å². The topological polar surface area (TPSA) is 119 Å². The van der Waals surface area contributed by atoms with E-state index in [2.05, 4.69) is 20.6 Å². The van der Waals surface area contributed by atoms with Crippen LogP contribution in [0, 0.1) is 0 Å². The van der Waals surface area contributed by atoms with Gasteiger partial charge in [0.05, 0.1) is 5.69 Å². The molecule has 22 heavy (non-hydrogen) atoms. The van der Waals surface area contributed by atoms with Crippen LogP contribution in [0.15, 0.2) is 30.6 Å². The molecule has 3 rings (SSSR count). The fraction of sp³-hybridized carbons (Fsp3) is 0.143. The Morgan fingerprint density at radius 3 is 2.91 bits per heavy atom. The predicted molar refractivity (Wildman–Crippen MR) is 79.6 cm³/mol. The first-order valence-electron chi connectivity index (χ1n) is 6.54. The number of benzene rings is 1. The molecular weight excluding hydrogens is 286 g/mol. The highest BCUT2D eigenvalue weighted by molar-refractivity contribution is 6.06. The van der Waals surface area contributed by atoms with E-state index < -0.39 is 12.0 Å². The van der Waals surface area contributed by atoms with Crippen LogP contribution < -0.4 is 21.1 Å². The maximum Gasteiger partial charge on any atom is 0.278 e. The van der Waals surface area contributed by atoms with Crippen LogP contribution in [0.3, 0.4) is 0 Å². The molecule has 2 aromatic rings. The lowest BCUT2D eigenvalue weighted by molar-refractivity contribution is -0.122. The van der Waals surface area contributed by atoms with Crippen molar-refractivity contribution >= 4 is 29.0 Å². The van der Waals surface area contributed by atoms with E-state index in [4.69, 9.17) is 10.5 Å². The van der Waals surface area contributed by atoms with Crippen molar-refractivity contribution in [3.05, 3.63) is 36.3 Å². The van der Waals surface area contributed by atoms with Crippen LogP contribution >= 0.6 is 0 Å². The molecule has 0 fully saturated rings. The first-order valence-corrected chi connectivity index (χ1v) is 6.54. The maximum atomic E-state index is 12.1. The number of nitrogens with zero attached hydrogens (tertiary/aromatic N) is 2. The fourth-order valence-corrected chi connectivity index (χ4v) is 2.00. The Morgan fingerprint density at radius 1 is 1.36 bits per heavy atom.